The van der Waals surface area contributed by atoms with Crippen LogP contribution in [-0.2, 0) is 19.6 Å². The van der Waals surface area contributed by atoms with Crippen molar-refractivity contribution in [1.29, 1.82) is 0 Å². The molecular weight excluding hydrogens is 641 g/mol. The molecule has 0 amide bonds. The van der Waals surface area contributed by atoms with E-state index >= 15 is 0 Å². The number of halogens is 2. The van der Waals surface area contributed by atoms with Crippen LogP contribution in [0.15, 0.2) is 91.0 Å². The van der Waals surface area contributed by atoms with Gasteiger partial charge in [-0.2, -0.15) is 19.9 Å². The second-order valence-electron chi connectivity index (χ2n) is 10.4. The minimum Gasteiger partial charge on any atom is -0.457 e. The topological polar surface area (TPSA) is 127 Å². The number of nitrogens with zero attached hydrogens (tertiary/aromatic N) is 7. The van der Waals surface area contributed by atoms with E-state index in [4.69, 9.17) is 42.1 Å². The normalized spacial score (nSPS) is 12.9. The lowest BCUT2D eigenvalue weighted by molar-refractivity contribution is 0.260. The predicted octanol–water partition coefficient (Wildman–Crippen LogP) is 7.71. The molecule has 0 saturated carbocycles. The number of fused-ring (bicyclic) bond motifs is 12. The minimum atomic E-state index is -0.0818. The van der Waals surface area contributed by atoms with E-state index in [2.05, 4.69) is 34.9 Å². The maximum absolute atomic E-state index is 6.34. The summed E-state index contributed by atoms with van der Waals surface area (Å²) in [5, 5.41) is 3.80. The first kappa shape index (κ1) is 28.8. The Bertz CT molecular complexity index is 2150. The molecule has 0 atom stereocenters. The van der Waals surface area contributed by atoms with E-state index < -0.39 is 0 Å². The molecule has 47 heavy (non-hydrogen) atoms. The third-order valence-corrected chi connectivity index (χ3v) is 7.79. The number of hydrogen-bond acceptors (Lipinski definition) is 11. The highest BCUT2D eigenvalue weighted by atomic mass is 35.5. The number of rotatable bonds is 0. The van der Waals surface area contributed by atoms with Gasteiger partial charge in [0.1, 0.15) is 24.7 Å². The maximum Gasteiger partial charge on any atom is 0.329 e. The highest BCUT2D eigenvalue weighted by Crippen LogP contribution is 2.38. The fourth-order valence-electron chi connectivity index (χ4n) is 5.38. The quantitative estimate of drug-likeness (QED) is 0.158. The summed E-state index contributed by atoms with van der Waals surface area (Å²) in [5.41, 5.74) is 2.91. The van der Waals surface area contributed by atoms with Gasteiger partial charge in [0.05, 0.1) is 11.4 Å². The Labute approximate surface area is 277 Å². The molecule has 4 heterocycles. The molecule has 0 N–H and O–H groups in total. The van der Waals surface area contributed by atoms with E-state index in [0.717, 1.165) is 32.7 Å². The van der Waals surface area contributed by atoms with Crippen molar-refractivity contribution >= 4 is 44.7 Å². The summed E-state index contributed by atoms with van der Waals surface area (Å²) in [6.45, 7) is 0.0998. The summed E-state index contributed by atoms with van der Waals surface area (Å²) in [6, 6.07) is 29.1. The van der Waals surface area contributed by atoms with Crippen LogP contribution in [0.5, 0.6) is 35.5 Å². The molecule has 1 aliphatic rings. The van der Waals surface area contributed by atoms with Gasteiger partial charge in [-0.3, -0.25) is 4.98 Å². The first-order valence-corrected chi connectivity index (χ1v) is 15.2. The number of pyridine rings is 1. The van der Waals surface area contributed by atoms with Gasteiger partial charge >= 0.3 is 24.0 Å². The molecule has 6 bridgehead atoms. The summed E-state index contributed by atoms with van der Waals surface area (Å²) in [5.74, 6) is 1.02. The second-order valence-corrected chi connectivity index (χ2v) is 11.1. The molecule has 7 aromatic rings. The molecule has 4 aromatic carbocycles. The molecule has 3 aromatic heterocycles. The van der Waals surface area contributed by atoms with Crippen LogP contribution in [-0.4, -0.2) is 34.9 Å². The van der Waals surface area contributed by atoms with Crippen LogP contribution in [0, 0.1) is 0 Å². The van der Waals surface area contributed by atoms with Crippen molar-refractivity contribution < 1.29 is 18.9 Å². The molecule has 0 spiro atoms. The van der Waals surface area contributed by atoms with E-state index in [1.165, 1.54) is 0 Å². The van der Waals surface area contributed by atoms with Crippen molar-refractivity contribution in [2.45, 2.75) is 19.6 Å². The van der Waals surface area contributed by atoms with Crippen molar-refractivity contribution in [1.82, 2.24) is 34.9 Å². The smallest absolute Gasteiger partial charge is 0.329 e. The highest BCUT2D eigenvalue weighted by molar-refractivity contribution is 6.28. The third kappa shape index (κ3) is 6.14. The molecule has 1 aliphatic heterocycles. The van der Waals surface area contributed by atoms with Crippen LogP contribution < -0.4 is 18.9 Å². The molecule has 13 heteroatoms. The highest BCUT2D eigenvalue weighted by Gasteiger charge is 2.20. The van der Waals surface area contributed by atoms with Crippen LogP contribution in [0.4, 0.5) is 0 Å². The zero-order valence-corrected chi connectivity index (χ0v) is 25.8. The first-order chi connectivity index (χ1) is 23.0. The average Bonchev–Trinajstić information content (AvgIpc) is 3.08. The molecule has 0 radical (unpaired) electrons. The summed E-state index contributed by atoms with van der Waals surface area (Å²) >= 11 is 12.6. The first-order valence-electron chi connectivity index (χ1n) is 14.4. The Kier molecular flexibility index (Phi) is 7.52. The lowest BCUT2D eigenvalue weighted by atomic mass is 9.93. The van der Waals surface area contributed by atoms with Crippen LogP contribution in [0.2, 0.25) is 10.6 Å². The monoisotopic (exact) mass is 661 g/mol. The van der Waals surface area contributed by atoms with Gasteiger partial charge in [-0.05, 0) is 69.0 Å². The van der Waals surface area contributed by atoms with Gasteiger partial charge in [-0.15, -0.1) is 9.97 Å². The van der Waals surface area contributed by atoms with E-state index in [1.807, 2.05) is 78.9 Å². The van der Waals surface area contributed by atoms with Gasteiger partial charge in [0, 0.05) is 17.5 Å². The van der Waals surface area contributed by atoms with Crippen LogP contribution in [0.3, 0.4) is 0 Å². The van der Waals surface area contributed by atoms with Crippen molar-refractivity contribution in [3.63, 3.8) is 0 Å². The summed E-state index contributed by atoms with van der Waals surface area (Å²) in [7, 11) is 0. The summed E-state index contributed by atoms with van der Waals surface area (Å²) < 4.78 is 24.4. The van der Waals surface area contributed by atoms with Gasteiger partial charge in [-0.25, -0.2) is 0 Å². The Morgan fingerprint density at radius 1 is 0.447 bits per heavy atom. The minimum absolute atomic E-state index is 0.0164. The van der Waals surface area contributed by atoms with Gasteiger partial charge in [-0.1, -0.05) is 66.7 Å². The maximum atomic E-state index is 6.34. The van der Waals surface area contributed by atoms with E-state index in [-0.39, 0.29) is 47.8 Å². The number of ether oxygens (including phenoxy) is 4. The summed E-state index contributed by atoms with van der Waals surface area (Å²) in [6.07, 6.45) is 0.387. The van der Waals surface area contributed by atoms with Gasteiger partial charge in [0.2, 0.25) is 10.6 Å². The fraction of sp³-hybridized carbons (Fsp3) is 0.0882. The fourth-order valence-corrected chi connectivity index (χ4v) is 5.67. The van der Waals surface area contributed by atoms with Crippen molar-refractivity contribution in [2.24, 2.45) is 0 Å². The Morgan fingerprint density at radius 2 is 0.915 bits per heavy atom. The standard InChI is InChI=1S/C34H21Cl2N7O4/c35-29-38-31-42-33(40-29)46-27-14-12-19-6-1-3-10-23(19)25(27)16-26-24-11-4-2-7-20(24)13-15-28(26)47-34-41-30(36)39-32(43-34)45-18-22-9-5-8-21(37-22)17-44-31/h1-15H,16-18H2. The largest absolute Gasteiger partial charge is 0.457 e. The van der Waals surface area contributed by atoms with Gasteiger partial charge < -0.3 is 18.9 Å². The van der Waals surface area contributed by atoms with Crippen molar-refractivity contribution in [2.75, 3.05) is 0 Å². The van der Waals surface area contributed by atoms with Gasteiger partial charge in [0.15, 0.2) is 0 Å². The van der Waals surface area contributed by atoms with E-state index in [1.54, 1.807) is 12.1 Å². The molecule has 230 valence electrons. The number of aromatic nitrogens is 7. The van der Waals surface area contributed by atoms with Crippen LogP contribution >= 0.6 is 23.2 Å². The lowest BCUT2D eigenvalue weighted by Gasteiger charge is -2.17. The number of benzene rings is 4. The lowest BCUT2D eigenvalue weighted by Crippen LogP contribution is -2.08. The van der Waals surface area contributed by atoms with Crippen molar-refractivity contribution in [3.05, 3.63) is 124 Å². The molecule has 8 rings (SSSR count). The molecule has 0 aliphatic carbocycles. The van der Waals surface area contributed by atoms with Crippen LogP contribution in [0.25, 0.3) is 21.5 Å². The Morgan fingerprint density at radius 3 is 1.43 bits per heavy atom. The van der Waals surface area contributed by atoms with Crippen molar-refractivity contribution in [3.8, 4) is 35.5 Å². The molecule has 0 saturated heterocycles. The predicted molar refractivity (Wildman–Crippen MR) is 173 cm³/mol. The second kappa shape index (κ2) is 12.3. The molecule has 11 nitrogen and oxygen atoms in total. The molecule has 0 fully saturated rings. The Hall–Kier alpha value is -5.65. The van der Waals surface area contributed by atoms with E-state index in [0.29, 0.717) is 29.3 Å². The molecular formula is C34H21Cl2N7O4. The number of hydrogen-bond donors (Lipinski definition) is 0. The van der Waals surface area contributed by atoms with E-state index in [9.17, 15) is 0 Å². The SMILES string of the molecule is Clc1nc2nc(n1)Oc1ccc3ccccc3c1Cc1c(ccc3ccccc13)Oc1nc(Cl)nc(n1)OCc1cccc(n1)CO2. The Balaban J connectivity index is 1.32. The van der Waals surface area contributed by atoms with Crippen LogP contribution in [0.1, 0.15) is 22.5 Å². The summed E-state index contributed by atoms with van der Waals surface area (Å²) in [4.78, 5) is 30.1. The zero-order valence-electron chi connectivity index (χ0n) is 24.3. The van der Waals surface area contributed by atoms with Gasteiger partial charge in [0.25, 0.3) is 0 Å². The molecule has 0 unspecified atom stereocenters. The third-order valence-electron chi connectivity index (χ3n) is 7.45. The average molecular weight is 662 g/mol. The zero-order chi connectivity index (χ0) is 31.7.